The van der Waals surface area contributed by atoms with E-state index in [4.69, 9.17) is 0 Å². The summed E-state index contributed by atoms with van der Waals surface area (Å²) in [6.07, 6.45) is 12.6. The lowest BCUT2D eigenvalue weighted by atomic mass is 9.93. The first kappa shape index (κ1) is 8.68. The van der Waals surface area contributed by atoms with Gasteiger partial charge in [0.15, 0.2) is 0 Å². The topological polar surface area (TPSA) is 0 Å². The van der Waals surface area contributed by atoms with Crippen LogP contribution in [0.1, 0.15) is 44.9 Å². The first-order valence-electron chi connectivity index (χ1n) is 5.24. The zero-order chi connectivity index (χ0) is 8.23. The van der Waals surface area contributed by atoms with Gasteiger partial charge in [-0.3, -0.25) is 0 Å². The molecular weight excluding hydrogens is 164 g/mol. The van der Waals surface area contributed by atoms with E-state index < -0.39 is 0 Å². The number of thioether (sulfide) groups is 1. The molecule has 1 heteroatoms. The Labute approximate surface area is 79.8 Å². The van der Waals surface area contributed by atoms with Gasteiger partial charge in [-0.2, -0.15) is 11.8 Å². The van der Waals surface area contributed by atoms with E-state index in [1.54, 1.807) is 5.57 Å². The van der Waals surface area contributed by atoms with Crippen molar-refractivity contribution in [1.82, 2.24) is 0 Å². The van der Waals surface area contributed by atoms with Crippen molar-refractivity contribution in [3.05, 3.63) is 11.6 Å². The second-order valence-electron chi connectivity index (χ2n) is 3.96. The largest absolute Gasteiger partial charge is 0.154 e. The van der Waals surface area contributed by atoms with Crippen LogP contribution in [0, 0.1) is 0 Å². The zero-order valence-electron chi connectivity index (χ0n) is 7.72. The molecule has 0 aliphatic heterocycles. The van der Waals surface area contributed by atoms with Gasteiger partial charge in [0, 0.05) is 11.0 Å². The van der Waals surface area contributed by atoms with Crippen molar-refractivity contribution >= 4 is 11.8 Å². The second kappa shape index (κ2) is 4.36. The zero-order valence-corrected chi connectivity index (χ0v) is 8.54. The van der Waals surface area contributed by atoms with Gasteiger partial charge in [0.05, 0.1) is 0 Å². The molecule has 68 valence electrons. The van der Waals surface area contributed by atoms with E-state index in [-0.39, 0.29) is 0 Å². The van der Waals surface area contributed by atoms with E-state index in [1.807, 2.05) is 0 Å². The predicted molar refractivity (Wildman–Crippen MR) is 56.6 cm³/mol. The minimum atomic E-state index is 1.00. The fraction of sp³-hybridized carbons (Fsp3) is 0.818. The number of hydrogen-bond acceptors (Lipinski definition) is 1. The molecule has 0 aromatic carbocycles. The van der Waals surface area contributed by atoms with E-state index in [1.165, 1.54) is 50.7 Å². The van der Waals surface area contributed by atoms with Crippen LogP contribution < -0.4 is 0 Å². The summed E-state index contributed by atoms with van der Waals surface area (Å²) >= 11 is 2.19. The summed E-state index contributed by atoms with van der Waals surface area (Å²) < 4.78 is 0. The van der Waals surface area contributed by atoms with E-state index in [0.29, 0.717) is 0 Å². The van der Waals surface area contributed by atoms with E-state index in [2.05, 4.69) is 17.8 Å². The van der Waals surface area contributed by atoms with Crippen LogP contribution in [0.4, 0.5) is 0 Å². The number of hydrogen-bond donors (Lipinski definition) is 0. The number of allylic oxidation sites excluding steroid dienone is 1. The molecule has 0 unspecified atom stereocenters. The molecule has 2 saturated carbocycles. The van der Waals surface area contributed by atoms with Gasteiger partial charge in [-0.1, -0.05) is 24.5 Å². The first-order valence-corrected chi connectivity index (χ1v) is 6.29. The third-order valence-electron chi connectivity index (χ3n) is 3.00. The molecular formula is C11H18S. The van der Waals surface area contributed by atoms with Gasteiger partial charge < -0.3 is 0 Å². The lowest BCUT2D eigenvalue weighted by Crippen LogP contribution is -1.99. The van der Waals surface area contributed by atoms with Crippen molar-refractivity contribution < 1.29 is 0 Å². The van der Waals surface area contributed by atoms with Gasteiger partial charge in [-0.25, -0.2) is 0 Å². The normalized spacial score (nSPS) is 24.2. The maximum atomic E-state index is 2.48. The van der Waals surface area contributed by atoms with Gasteiger partial charge in [-0.05, 0) is 32.1 Å². The monoisotopic (exact) mass is 182 g/mol. The van der Waals surface area contributed by atoms with Gasteiger partial charge in [0.1, 0.15) is 0 Å². The van der Waals surface area contributed by atoms with Crippen LogP contribution in [0.25, 0.3) is 0 Å². The Bertz CT molecular complexity index is 160. The van der Waals surface area contributed by atoms with Crippen LogP contribution in [-0.2, 0) is 0 Å². The highest BCUT2D eigenvalue weighted by atomic mass is 32.2. The fourth-order valence-corrected chi connectivity index (χ4v) is 3.21. The average molecular weight is 182 g/mol. The lowest BCUT2D eigenvalue weighted by Gasteiger charge is -2.16. The molecule has 0 nitrogen and oxygen atoms in total. The first-order chi connectivity index (χ1) is 5.95. The Kier molecular flexibility index (Phi) is 3.15. The molecule has 0 heterocycles. The standard InChI is InChI=1S/C11H18S/c1-2-7-11(6-1)12-9-8-10-4-3-5-10/h8,11H,1-7,9H2. The molecule has 0 radical (unpaired) electrons. The highest BCUT2D eigenvalue weighted by Gasteiger charge is 2.14. The molecule has 2 aliphatic carbocycles. The smallest absolute Gasteiger partial charge is 0.0118 e. The Morgan fingerprint density at radius 2 is 1.92 bits per heavy atom. The Morgan fingerprint density at radius 3 is 2.50 bits per heavy atom. The maximum absolute atomic E-state index is 2.48. The molecule has 2 aliphatic rings. The van der Waals surface area contributed by atoms with Crippen molar-refractivity contribution in [1.29, 1.82) is 0 Å². The highest BCUT2D eigenvalue weighted by Crippen LogP contribution is 2.31. The summed E-state index contributed by atoms with van der Waals surface area (Å²) in [6, 6.07) is 0. The van der Waals surface area contributed by atoms with Gasteiger partial charge in [0.2, 0.25) is 0 Å². The van der Waals surface area contributed by atoms with Crippen molar-refractivity contribution in [2.24, 2.45) is 0 Å². The molecule has 0 atom stereocenters. The van der Waals surface area contributed by atoms with Crippen LogP contribution in [0.2, 0.25) is 0 Å². The highest BCUT2D eigenvalue weighted by molar-refractivity contribution is 8.00. The van der Waals surface area contributed by atoms with E-state index in [0.717, 1.165) is 5.25 Å². The van der Waals surface area contributed by atoms with Crippen LogP contribution in [-0.4, -0.2) is 11.0 Å². The molecule has 0 amide bonds. The quantitative estimate of drug-likeness (QED) is 0.599. The number of rotatable bonds is 3. The molecule has 0 spiro atoms. The molecule has 0 saturated heterocycles. The van der Waals surface area contributed by atoms with Crippen molar-refractivity contribution in [2.45, 2.75) is 50.2 Å². The van der Waals surface area contributed by atoms with Crippen LogP contribution in [0.5, 0.6) is 0 Å². The van der Waals surface area contributed by atoms with Crippen molar-refractivity contribution in [3.63, 3.8) is 0 Å². The van der Waals surface area contributed by atoms with Gasteiger partial charge in [0.25, 0.3) is 0 Å². The molecule has 0 bridgehead atoms. The molecule has 2 fully saturated rings. The third-order valence-corrected chi connectivity index (χ3v) is 4.30. The van der Waals surface area contributed by atoms with Crippen molar-refractivity contribution in [2.75, 3.05) is 5.75 Å². The molecule has 2 rings (SSSR count). The molecule has 0 aromatic heterocycles. The summed E-state index contributed by atoms with van der Waals surface area (Å²) in [4.78, 5) is 0. The summed E-state index contributed by atoms with van der Waals surface area (Å²) in [7, 11) is 0. The average Bonchev–Trinajstić information content (AvgIpc) is 2.46. The predicted octanol–water partition coefficient (Wildman–Crippen LogP) is 3.77. The van der Waals surface area contributed by atoms with Crippen LogP contribution in [0.3, 0.4) is 0 Å². The maximum Gasteiger partial charge on any atom is 0.0118 e. The molecule has 0 aromatic rings. The summed E-state index contributed by atoms with van der Waals surface area (Å²) in [5, 5.41) is 1.00. The Balaban J connectivity index is 1.61. The van der Waals surface area contributed by atoms with Gasteiger partial charge in [-0.15, -0.1) is 0 Å². The minimum Gasteiger partial charge on any atom is -0.154 e. The summed E-state index contributed by atoms with van der Waals surface area (Å²) in [6.45, 7) is 0. The van der Waals surface area contributed by atoms with E-state index >= 15 is 0 Å². The SMILES string of the molecule is C(CSC1CCCC1)=C1CCC1. The second-order valence-corrected chi connectivity index (χ2v) is 5.29. The van der Waals surface area contributed by atoms with Crippen LogP contribution >= 0.6 is 11.8 Å². The summed E-state index contributed by atoms with van der Waals surface area (Å²) in [5.41, 5.74) is 1.72. The minimum absolute atomic E-state index is 1.00. The molecule has 0 N–H and O–H groups in total. The molecule has 12 heavy (non-hydrogen) atoms. The lowest BCUT2D eigenvalue weighted by molar-refractivity contribution is 0.661. The summed E-state index contributed by atoms with van der Waals surface area (Å²) in [5.74, 6) is 1.29. The third kappa shape index (κ3) is 2.29. The fourth-order valence-electron chi connectivity index (χ4n) is 1.94. The Morgan fingerprint density at radius 1 is 1.17 bits per heavy atom. The van der Waals surface area contributed by atoms with Crippen molar-refractivity contribution in [3.8, 4) is 0 Å². The van der Waals surface area contributed by atoms with E-state index in [9.17, 15) is 0 Å². The Hall–Kier alpha value is 0.0900. The van der Waals surface area contributed by atoms with Gasteiger partial charge >= 0.3 is 0 Å². The van der Waals surface area contributed by atoms with Crippen LogP contribution in [0.15, 0.2) is 11.6 Å².